The Bertz CT molecular complexity index is 584. The summed E-state index contributed by atoms with van der Waals surface area (Å²) in [6.45, 7) is 3.75. The van der Waals surface area contributed by atoms with E-state index >= 15 is 0 Å². The Balaban J connectivity index is 3.01. The first-order chi connectivity index (χ1) is 9.26. The summed E-state index contributed by atoms with van der Waals surface area (Å²) >= 11 is 0. The summed E-state index contributed by atoms with van der Waals surface area (Å²) in [5.41, 5.74) is 0.805. The number of rotatable bonds is 6. The molecule has 0 heterocycles. The number of hydrogen-bond donors (Lipinski definition) is 2. The number of carbonyl (C=O) groups is 1. The van der Waals surface area contributed by atoms with Crippen molar-refractivity contribution in [2.24, 2.45) is 5.92 Å². The Morgan fingerprint density at radius 3 is 2.55 bits per heavy atom. The molecular weight excluding hydrogens is 280 g/mol. The van der Waals surface area contributed by atoms with Crippen molar-refractivity contribution in [3.63, 3.8) is 0 Å². The molecule has 1 atom stereocenters. The van der Waals surface area contributed by atoms with Crippen molar-refractivity contribution in [2.45, 2.75) is 20.3 Å². The quantitative estimate of drug-likeness (QED) is 0.842. The van der Waals surface area contributed by atoms with Crippen LogP contribution in [0.1, 0.15) is 20.3 Å². The number of carbonyl (C=O) groups excluding carboxylic acids is 1. The van der Waals surface area contributed by atoms with Crippen molar-refractivity contribution < 1.29 is 17.9 Å². The standard InChI is InChI=1S/C13H20N2O4S/c1-5-9(2)13(16)14-10-6-7-12(19-3)11(8-10)15-20(4,17)18/h6-9,15H,5H2,1-4H3,(H,14,16). The van der Waals surface area contributed by atoms with Crippen LogP contribution in [-0.2, 0) is 14.8 Å². The van der Waals surface area contributed by atoms with Crippen LogP contribution in [0.2, 0.25) is 0 Å². The number of ether oxygens (including phenoxy) is 1. The van der Waals surface area contributed by atoms with E-state index in [2.05, 4.69) is 10.0 Å². The lowest BCUT2D eigenvalue weighted by Gasteiger charge is -2.14. The topological polar surface area (TPSA) is 84.5 Å². The van der Waals surface area contributed by atoms with Crippen molar-refractivity contribution in [1.82, 2.24) is 0 Å². The zero-order valence-corrected chi connectivity index (χ0v) is 12.9. The SMILES string of the molecule is CCC(C)C(=O)Nc1ccc(OC)c(NS(C)(=O)=O)c1. The number of anilines is 2. The van der Waals surface area contributed by atoms with Gasteiger partial charge in [0.05, 0.1) is 19.1 Å². The third kappa shape index (κ3) is 4.73. The average molecular weight is 300 g/mol. The molecule has 1 aromatic carbocycles. The molecule has 0 spiro atoms. The maximum Gasteiger partial charge on any atom is 0.229 e. The Labute approximate surface area is 119 Å². The summed E-state index contributed by atoms with van der Waals surface area (Å²) in [7, 11) is -1.97. The van der Waals surface area contributed by atoms with Gasteiger partial charge in [0, 0.05) is 11.6 Å². The van der Waals surface area contributed by atoms with E-state index in [-0.39, 0.29) is 17.5 Å². The van der Waals surface area contributed by atoms with Gasteiger partial charge in [-0.25, -0.2) is 8.42 Å². The maximum atomic E-state index is 11.8. The lowest BCUT2D eigenvalue weighted by Crippen LogP contribution is -2.20. The summed E-state index contributed by atoms with van der Waals surface area (Å²) in [6, 6.07) is 4.78. The minimum absolute atomic E-state index is 0.108. The maximum absolute atomic E-state index is 11.8. The van der Waals surface area contributed by atoms with Crippen LogP contribution in [0.4, 0.5) is 11.4 Å². The van der Waals surface area contributed by atoms with Crippen molar-refractivity contribution in [2.75, 3.05) is 23.4 Å². The van der Waals surface area contributed by atoms with Crippen LogP contribution in [-0.4, -0.2) is 27.7 Å². The second kappa shape index (κ2) is 6.60. The number of nitrogens with one attached hydrogen (secondary N) is 2. The molecule has 0 aliphatic heterocycles. The first-order valence-electron chi connectivity index (χ1n) is 6.23. The van der Waals surface area contributed by atoms with Crippen LogP contribution in [0.3, 0.4) is 0 Å². The van der Waals surface area contributed by atoms with Crippen molar-refractivity contribution >= 4 is 27.3 Å². The van der Waals surface area contributed by atoms with Gasteiger partial charge in [-0.05, 0) is 24.6 Å². The van der Waals surface area contributed by atoms with Gasteiger partial charge < -0.3 is 10.1 Å². The number of sulfonamides is 1. The third-order valence-corrected chi connectivity index (χ3v) is 3.41. The highest BCUT2D eigenvalue weighted by Gasteiger charge is 2.13. The van der Waals surface area contributed by atoms with Crippen LogP contribution < -0.4 is 14.8 Å². The van der Waals surface area contributed by atoms with E-state index in [4.69, 9.17) is 4.74 Å². The van der Waals surface area contributed by atoms with Gasteiger partial charge in [0.25, 0.3) is 0 Å². The molecule has 1 aromatic rings. The molecule has 1 amide bonds. The molecule has 0 aliphatic carbocycles. The third-order valence-electron chi connectivity index (χ3n) is 2.82. The van der Waals surface area contributed by atoms with E-state index in [1.807, 2.05) is 13.8 Å². The van der Waals surface area contributed by atoms with Gasteiger partial charge in [-0.15, -0.1) is 0 Å². The van der Waals surface area contributed by atoms with Crippen molar-refractivity contribution in [1.29, 1.82) is 0 Å². The number of methoxy groups -OCH3 is 1. The molecule has 1 unspecified atom stereocenters. The van der Waals surface area contributed by atoms with Gasteiger partial charge in [-0.3, -0.25) is 9.52 Å². The number of amides is 1. The fourth-order valence-corrected chi connectivity index (χ4v) is 2.08. The molecule has 0 aliphatic rings. The molecule has 0 fully saturated rings. The van der Waals surface area contributed by atoms with Crippen molar-refractivity contribution in [3.8, 4) is 5.75 Å². The molecule has 0 radical (unpaired) electrons. The molecule has 6 nitrogen and oxygen atoms in total. The van der Waals surface area contributed by atoms with E-state index in [1.54, 1.807) is 12.1 Å². The number of benzene rings is 1. The smallest absolute Gasteiger partial charge is 0.229 e. The minimum Gasteiger partial charge on any atom is -0.495 e. The number of hydrogen-bond acceptors (Lipinski definition) is 4. The van der Waals surface area contributed by atoms with Gasteiger partial charge in [0.2, 0.25) is 15.9 Å². The normalized spacial score (nSPS) is 12.6. The van der Waals surface area contributed by atoms with E-state index in [0.29, 0.717) is 11.4 Å². The van der Waals surface area contributed by atoms with Crippen LogP contribution in [0.5, 0.6) is 5.75 Å². The van der Waals surface area contributed by atoms with Crippen LogP contribution >= 0.6 is 0 Å². The predicted octanol–water partition coefficient (Wildman–Crippen LogP) is 2.05. The molecule has 112 valence electrons. The summed E-state index contributed by atoms with van der Waals surface area (Å²) in [6.07, 6.45) is 1.79. The van der Waals surface area contributed by atoms with Crippen LogP contribution in [0, 0.1) is 5.92 Å². The predicted molar refractivity (Wildman–Crippen MR) is 79.5 cm³/mol. The summed E-state index contributed by atoms with van der Waals surface area (Å²) < 4.78 is 30.0. The Hall–Kier alpha value is -1.76. The molecular formula is C13H20N2O4S. The first-order valence-corrected chi connectivity index (χ1v) is 8.12. The van der Waals surface area contributed by atoms with E-state index in [1.165, 1.54) is 13.2 Å². The van der Waals surface area contributed by atoms with Crippen LogP contribution in [0.25, 0.3) is 0 Å². The zero-order valence-electron chi connectivity index (χ0n) is 12.1. The molecule has 0 bridgehead atoms. The highest BCUT2D eigenvalue weighted by Crippen LogP contribution is 2.28. The average Bonchev–Trinajstić information content (AvgIpc) is 2.36. The van der Waals surface area contributed by atoms with Gasteiger partial charge in [0.1, 0.15) is 5.75 Å². The summed E-state index contributed by atoms with van der Waals surface area (Å²) in [5, 5.41) is 2.74. The largest absolute Gasteiger partial charge is 0.495 e. The highest BCUT2D eigenvalue weighted by molar-refractivity contribution is 7.92. The molecule has 0 saturated carbocycles. The van der Waals surface area contributed by atoms with Gasteiger partial charge in [-0.2, -0.15) is 0 Å². The summed E-state index contributed by atoms with van der Waals surface area (Å²) in [5.74, 6) is 0.170. The van der Waals surface area contributed by atoms with E-state index in [9.17, 15) is 13.2 Å². The Morgan fingerprint density at radius 2 is 2.05 bits per heavy atom. The first kappa shape index (κ1) is 16.3. The summed E-state index contributed by atoms with van der Waals surface area (Å²) in [4.78, 5) is 11.8. The molecule has 0 saturated heterocycles. The van der Waals surface area contributed by atoms with Gasteiger partial charge in [0.15, 0.2) is 0 Å². The molecule has 20 heavy (non-hydrogen) atoms. The van der Waals surface area contributed by atoms with Crippen molar-refractivity contribution in [3.05, 3.63) is 18.2 Å². The Kier molecular flexibility index (Phi) is 5.38. The monoisotopic (exact) mass is 300 g/mol. The fraction of sp³-hybridized carbons (Fsp3) is 0.462. The molecule has 1 rings (SSSR count). The van der Waals surface area contributed by atoms with E-state index < -0.39 is 10.0 Å². The molecule has 0 aromatic heterocycles. The highest BCUT2D eigenvalue weighted by atomic mass is 32.2. The minimum atomic E-state index is -3.42. The van der Waals surface area contributed by atoms with E-state index in [0.717, 1.165) is 12.7 Å². The zero-order chi connectivity index (χ0) is 15.3. The second-order valence-electron chi connectivity index (χ2n) is 4.59. The molecule has 2 N–H and O–H groups in total. The van der Waals surface area contributed by atoms with Crippen LogP contribution in [0.15, 0.2) is 18.2 Å². The second-order valence-corrected chi connectivity index (χ2v) is 6.34. The lowest BCUT2D eigenvalue weighted by molar-refractivity contribution is -0.119. The molecule has 7 heteroatoms. The van der Waals surface area contributed by atoms with Gasteiger partial charge >= 0.3 is 0 Å². The Morgan fingerprint density at radius 1 is 1.40 bits per heavy atom. The van der Waals surface area contributed by atoms with Gasteiger partial charge in [-0.1, -0.05) is 13.8 Å². The lowest BCUT2D eigenvalue weighted by atomic mass is 10.1. The fourth-order valence-electron chi connectivity index (χ4n) is 1.52.